The maximum absolute atomic E-state index is 11.7. The Morgan fingerprint density at radius 1 is 1.56 bits per heavy atom. The minimum Gasteiger partial charge on any atom is -0.392 e. The van der Waals surface area contributed by atoms with E-state index in [1.807, 2.05) is 0 Å². The molecule has 1 saturated heterocycles. The summed E-state index contributed by atoms with van der Waals surface area (Å²) >= 11 is 1.71. The van der Waals surface area contributed by atoms with Gasteiger partial charge in [0, 0.05) is 5.75 Å². The van der Waals surface area contributed by atoms with Crippen molar-refractivity contribution >= 4 is 11.8 Å². The molecule has 9 heavy (non-hydrogen) atoms. The van der Waals surface area contributed by atoms with E-state index in [0.717, 1.165) is 11.5 Å². The van der Waals surface area contributed by atoms with Crippen LogP contribution < -0.4 is 0 Å². The third-order valence-corrected chi connectivity index (χ3v) is 2.89. The Balaban J connectivity index is 2.22. The van der Waals surface area contributed by atoms with Gasteiger partial charge in [-0.3, -0.25) is 4.39 Å². The zero-order valence-electron chi connectivity index (χ0n) is 5.22. The topological polar surface area (TPSA) is 20.2 Å². The highest BCUT2D eigenvalue weighted by Crippen LogP contribution is 2.26. The summed E-state index contributed by atoms with van der Waals surface area (Å²) < 4.78 is 11.7. The van der Waals surface area contributed by atoms with Crippen LogP contribution in [0.15, 0.2) is 0 Å². The fourth-order valence-electron chi connectivity index (χ4n) is 1.00. The molecule has 1 aliphatic heterocycles. The Morgan fingerprint density at radius 2 is 2.33 bits per heavy atom. The van der Waals surface area contributed by atoms with Gasteiger partial charge in [-0.05, 0) is 18.1 Å². The zero-order chi connectivity index (χ0) is 6.69. The minimum absolute atomic E-state index is 0.222. The molecular weight excluding hydrogens is 139 g/mol. The molecule has 2 atom stereocenters. The van der Waals surface area contributed by atoms with Crippen LogP contribution in [0.25, 0.3) is 0 Å². The quantitative estimate of drug-likeness (QED) is 0.635. The SMILES string of the molecule is OC1CSCC1CCF. The molecule has 0 spiro atoms. The molecular formula is C6H11FOS. The van der Waals surface area contributed by atoms with Gasteiger partial charge >= 0.3 is 0 Å². The third kappa shape index (κ3) is 1.83. The normalized spacial score (nSPS) is 35.3. The first kappa shape index (κ1) is 7.35. The van der Waals surface area contributed by atoms with Crippen LogP contribution in [-0.4, -0.2) is 29.4 Å². The van der Waals surface area contributed by atoms with Crippen molar-refractivity contribution in [3.8, 4) is 0 Å². The summed E-state index contributed by atoms with van der Waals surface area (Å²) in [7, 11) is 0. The summed E-state index contributed by atoms with van der Waals surface area (Å²) in [6.45, 7) is -0.289. The molecule has 1 rings (SSSR count). The molecule has 0 radical (unpaired) electrons. The summed E-state index contributed by atoms with van der Waals surface area (Å²) in [5, 5.41) is 9.13. The summed E-state index contributed by atoms with van der Waals surface area (Å²) in [5.41, 5.74) is 0. The molecule has 0 aliphatic carbocycles. The number of hydrogen-bond donors (Lipinski definition) is 1. The van der Waals surface area contributed by atoms with Gasteiger partial charge in [0.05, 0.1) is 12.8 Å². The number of rotatable bonds is 2. The Hall–Kier alpha value is 0.240. The monoisotopic (exact) mass is 150 g/mol. The molecule has 1 fully saturated rings. The van der Waals surface area contributed by atoms with Crippen molar-refractivity contribution in [2.24, 2.45) is 5.92 Å². The van der Waals surface area contributed by atoms with Gasteiger partial charge in [-0.2, -0.15) is 11.8 Å². The highest BCUT2D eigenvalue weighted by molar-refractivity contribution is 7.99. The maximum atomic E-state index is 11.7. The number of alkyl halides is 1. The van der Waals surface area contributed by atoms with Crippen molar-refractivity contribution in [3.63, 3.8) is 0 Å². The van der Waals surface area contributed by atoms with Gasteiger partial charge < -0.3 is 5.11 Å². The van der Waals surface area contributed by atoms with E-state index in [4.69, 9.17) is 5.11 Å². The third-order valence-electron chi connectivity index (χ3n) is 1.64. The lowest BCUT2D eigenvalue weighted by Crippen LogP contribution is -2.17. The molecule has 0 amide bonds. The lowest BCUT2D eigenvalue weighted by molar-refractivity contribution is 0.139. The Bertz CT molecular complexity index is 89.1. The van der Waals surface area contributed by atoms with E-state index in [2.05, 4.69) is 0 Å². The van der Waals surface area contributed by atoms with Crippen molar-refractivity contribution in [2.45, 2.75) is 12.5 Å². The van der Waals surface area contributed by atoms with E-state index < -0.39 is 0 Å². The molecule has 0 saturated carbocycles. The minimum atomic E-state index is -0.289. The van der Waals surface area contributed by atoms with Gasteiger partial charge in [-0.15, -0.1) is 0 Å². The Labute approximate surface area is 58.6 Å². The number of aliphatic hydroxyl groups excluding tert-OH is 1. The molecule has 2 unspecified atom stereocenters. The lowest BCUT2D eigenvalue weighted by atomic mass is 10.0. The molecule has 1 nitrogen and oxygen atoms in total. The van der Waals surface area contributed by atoms with Crippen molar-refractivity contribution in [3.05, 3.63) is 0 Å². The molecule has 54 valence electrons. The van der Waals surface area contributed by atoms with E-state index in [1.54, 1.807) is 11.8 Å². The van der Waals surface area contributed by atoms with Crippen molar-refractivity contribution < 1.29 is 9.50 Å². The largest absolute Gasteiger partial charge is 0.392 e. The van der Waals surface area contributed by atoms with Gasteiger partial charge in [0.25, 0.3) is 0 Å². The van der Waals surface area contributed by atoms with E-state index in [1.165, 1.54) is 0 Å². The molecule has 0 bridgehead atoms. The predicted molar refractivity (Wildman–Crippen MR) is 37.4 cm³/mol. The molecule has 0 aromatic carbocycles. The van der Waals surface area contributed by atoms with E-state index in [9.17, 15) is 4.39 Å². The summed E-state index contributed by atoms with van der Waals surface area (Å²) in [5.74, 6) is 1.95. The van der Waals surface area contributed by atoms with Crippen LogP contribution in [0.4, 0.5) is 4.39 Å². The fraction of sp³-hybridized carbons (Fsp3) is 1.00. The van der Waals surface area contributed by atoms with E-state index in [-0.39, 0.29) is 18.7 Å². The molecule has 1 heterocycles. The number of halogens is 1. The summed E-state index contributed by atoms with van der Waals surface area (Å²) in [6.07, 6.45) is 0.291. The molecule has 1 aliphatic rings. The van der Waals surface area contributed by atoms with E-state index in [0.29, 0.717) is 6.42 Å². The summed E-state index contributed by atoms with van der Waals surface area (Å²) in [4.78, 5) is 0. The second-order valence-electron chi connectivity index (χ2n) is 2.34. The van der Waals surface area contributed by atoms with E-state index >= 15 is 0 Å². The van der Waals surface area contributed by atoms with Crippen LogP contribution in [0.1, 0.15) is 6.42 Å². The predicted octanol–water partition coefficient (Wildman–Crippen LogP) is 1.07. The summed E-state index contributed by atoms with van der Waals surface area (Å²) in [6, 6.07) is 0. The van der Waals surface area contributed by atoms with Gasteiger partial charge in [0.1, 0.15) is 0 Å². The van der Waals surface area contributed by atoms with Crippen LogP contribution >= 0.6 is 11.8 Å². The second kappa shape index (κ2) is 3.42. The molecule has 3 heteroatoms. The average Bonchev–Trinajstić information content (AvgIpc) is 2.18. The Kier molecular flexibility index (Phi) is 2.79. The molecule has 0 aromatic heterocycles. The smallest absolute Gasteiger partial charge is 0.0898 e. The average molecular weight is 150 g/mol. The first-order valence-electron chi connectivity index (χ1n) is 3.16. The number of aliphatic hydroxyl groups is 1. The first-order chi connectivity index (χ1) is 4.34. The van der Waals surface area contributed by atoms with Crippen LogP contribution in [0.5, 0.6) is 0 Å². The van der Waals surface area contributed by atoms with Crippen LogP contribution in [0.2, 0.25) is 0 Å². The maximum Gasteiger partial charge on any atom is 0.0898 e. The van der Waals surface area contributed by atoms with Crippen LogP contribution in [0.3, 0.4) is 0 Å². The second-order valence-corrected chi connectivity index (χ2v) is 3.42. The van der Waals surface area contributed by atoms with Gasteiger partial charge in [-0.1, -0.05) is 0 Å². The van der Waals surface area contributed by atoms with Gasteiger partial charge in [-0.25, -0.2) is 0 Å². The fourth-order valence-corrected chi connectivity index (χ4v) is 2.34. The van der Waals surface area contributed by atoms with Gasteiger partial charge in [0.15, 0.2) is 0 Å². The van der Waals surface area contributed by atoms with Gasteiger partial charge in [0.2, 0.25) is 0 Å². The standard InChI is InChI=1S/C6H11FOS/c7-2-1-5-3-9-4-6(5)8/h5-6,8H,1-4H2. The van der Waals surface area contributed by atoms with Crippen molar-refractivity contribution in [2.75, 3.05) is 18.2 Å². The van der Waals surface area contributed by atoms with Crippen LogP contribution in [0, 0.1) is 5.92 Å². The van der Waals surface area contributed by atoms with Crippen LogP contribution in [-0.2, 0) is 0 Å². The molecule has 1 N–H and O–H groups in total. The number of thioether (sulfide) groups is 1. The zero-order valence-corrected chi connectivity index (χ0v) is 6.03. The first-order valence-corrected chi connectivity index (χ1v) is 4.32. The van der Waals surface area contributed by atoms with Crippen molar-refractivity contribution in [1.29, 1.82) is 0 Å². The molecule has 0 aromatic rings. The lowest BCUT2D eigenvalue weighted by Gasteiger charge is -2.09. The number of hydrogen-bond acceptors (Lipinski definition) is 2. The highest BCUT2D eigenvalue weighted by Gasteiger charge is 2.24. The highest BCUT2D eigenvalue weighted by atomic mass is 32.2. The Morgan fingerprint density at radius 3 is 2.78 bits per heavy atom. The van der Waals surface area contributed by atoms with Crippen molar-refractivity contribution in [1.82, 2.24) is 0 Å².